The van der Waals surface area contributed by atoms with Gasteiger partial charge in [0.1, 0.15) is 11.7 Å². The summed E-state index contributed by atoms with van der Waals surface area (Å²) in [5.41, 5.74) is 8.45. The minimum Gasteiger partial charge on any atom is -0.503 e. The van der Waals surface area contributed by atoms with Crippen LogP contribution in [0.4, 0.5) is 22.7 Å². The topological polar surface area (TPSA) is 46.4 Å². The molecule has 0 spiro atoms. The predicted octanol–water partition coefficient (Wildman–Crippen LogP) is 9.98. The molecule has 0 N–H and O–H groups in total. The van der Waals surface area contributed by atoms with Crippen LogP contribution in [0.3, 0.4) is 0 Å². The first-order valence-corrected chi connectivity index (χ1v) is 15.4. The summed E-state index contributed by atoms with van der Waals surface area (Å²) in [6, 6.07) is 42.4. The van der Waals surface area contributed by atoms with Crippen LogP contribution in [0.5, 0.6) is 11.6 Å². The number of anilines is 4. The normalized spacial score (nSPS) is 12.8. The maximum absolute atomic E-state index is 6.35. The molecule has 47 heavy (non-hydrogen) atoms. The second-order valence-corrected chi connectivity index (χ2v) is 12.6. The van der Waals surface area contributed by atoms with Gasteiger partial charge in [-0.05, 0) is 71.9 Å². The first kappa shape index (κ1) is 30.7. The van der Waals surface area contributed by atoms with E-state index in [1.165, 1.54) is 11.1 Å². The Kier molecular flexibility index (Phi) is 7.85. The van der Waals surface area contributed by atoms with Crippen molar-refractivity contribution in [3.63, 3.8) is 0 Å². The number of ether oxygens (including phenoxy) is 1. The Morgan fingerprint density at radius 2 is 1.45 bits per heavy atom. The number of benzene rings is 4. The van der Waals surface area contributed by atoms with Crippen LogP contribution in [-0.2, 0) is 26.5 Å². The summed E-state index contributed by atoms with van der Waals surface area (Å²) in [6.45, 7) is 10.8. The van der Waals surface area contributed by atoms with E-state index >= 15 is 0 Å². The van der Waals surface area contributed by atoms with Gasteiger partial charge < -0.3 is 19.1 Å². The van der Waals surface area contributed by atoms with Crippen LogP contribution in [0.1, 0.15) is 31.9 Å². The number of para-hydroxylation sites is 3. The fraction of sp³-hybridized carbons (Fsp3) is 0.125. The maximum atomic E-state index is 6.35. The molecular formula is C40H32N5OPt-3. The van der Waals surface area contributed by atoms with Crippen LogP contribution in [0, 0.1) is 25.7 Å². The van der Waals surface area contributed by atoms with E-state index in [4.69, 9.17) is 9.72 Å². The van der Waals surface area contributed by atoms with E-state index in [2.05, 4.69) is 151 Å². The van der Waals surface area contributed by atoms with Crippen molar-refractivity contribution in [1.29, 1.82) is 0 Å². The summed E-state index contributed by atoms with van der Waals surface area (Å²) >= 11 is 0. The Balaban J connectivity index is 0.00000351. The Hall–Kier alpha value is -4.93. The molecule has 0 saturated heterocycles. The molecule has 6 nitrogen and oxygen atoms in total. The number of pyridine rings is 2. The zero-order chi connectivity index (χ0) is 31.4. The van der Waals surface area contributed by atoms with Gasteiger partial charge >= 0.3 is 0 Å². The van der Waals surface area contributed by atoms with E-state index in [1.807, 2.05) is 24.4 Å². The van der Waals surface area contributed by atoms with E-state index < -0.39 is 0 Å². The molecule has 236 valence electrons. The average molecular weight is 794 g/mol. The molecule has 1 aliphatic rings. The molecule has 0 unspecified atom stereocenters. The summed E-state index contributed by atoms with van der Waals surface area (Å²) in [7, 11) is 0. The molecule has 0 atom stereocenters. The van der Waals surface area contributed by atoms with Crippen LogP contribution in [0.25, 0.3) is 27.6 Å². The third kappa shape index (κ3) is 5.57. The summed E-state index contributed by atoms with van der Waals surface area (Å²) in [5.74, 6) is 1.76. The van der Waals surface area contributed by atoms with Crippen molar-refractivity contribution in [2.24, 2.45) is 0 Å². The predicted molar refractivity (Wildman–Crippen MR) is 185 cm³/mol. The first-order chi connectivity index (χ1) is 22.3. The van der Waals surface area contributed by atoms with Crippen LogP contribution < -0.4 is 14.5 Å². The van der Waals surface area contributed by atoms with Crippen molar-refractivity contribution in [2.75, 3.05) is 9.80 Å². The van der Waals surface area contributed by atoms with Gasteiger partial charge in [0, 0.05) is 55.6 Å². The van der Waals surface area contributed by atoms with E-state index in [-0.39, 0.29) is 26.5 Å². The van der Waals surface area contributed by atoms with Gasteiger partial charge in [-0.3, -0.25) is 4.98 Å². The molecule has 0 bridgehead atoms. The Morgan fingerprint density at radius 1 is 0.723 bits per heavy atom. The maximum Gasteiger partial charge on any atom is 0.135 e. The van der Waals surface area contributed by atoms with Gasteiger partial charge in [-0.1, -0.05) is 74.3 Å². The molecule has 0 fully saturated rings. The van der Waals surface area contributed by atoms with Crippen molar-refractivity contribution < 1.29 is 25.8 Å². The minimum absolute atomic E-state index is 0. The van der Waals surface area contributed by atoms with E-state index in [1.54, 1.807) is 6.20 Å². The van der Waals surface area contributed by atoms with Gasteiger partial charge in [-0.2, -0.15) is 23.9 Å². The van der Waals surface area contributed by atoms with Gasteiger partial charge in [0.15, 0.2) is 0 Å². The van der Waals surface area contributed by atoms with Crippen LogP contribution in [-0.4, -0.2) is 14.5 Å². The smallest absolute Gasteiger partial charge is 0.135 e. The third-order valence-corrected chi connectivity index (χ3v) is 8.47. The molecule has 7 heteroatoms. The standard InChI is InChI=1S/C40H32N5O.Pt/c1-27-13-15-29(16-14-27)43-26-44(36-12-8-7-11-35(36)43)30-20-22-42-39(24-30)46-31-17-18-33-32-9-5-6-10-34(32)45(37(33)25-31)38-23-28(19-21-41-38)40(2,3)4;/h5-23,26H,1-4H3;/q-3;. The molecular weight excluding hydrogens is 762 g/mol. The largest absolute Gasteiger partial charge is 0.503 e. The second kappa shape index (κ2) is 12.0. The van der Waals surface area contributed by atoms with Gasteiger partial charge in [0.05, 0.1) is 0 Å². The van der Waals surface area contributed by atoms with E-state index in [0.717, 1.165) is 50.4 Å². The van der Waals surface area contributed by atoms with Gasteiger partial charge in [-0.25, -0.2) is 4.98 Å². The zero-order valence-electron chi connectivity index (χ0n) is 26.5. The van der Waals surface area contributed by atoms with Gasteiger partial charge in [0.25, 0.3) is 0 Å². The van der Waals surface area contributed by atoms with Crippen molar-refractivity contribution in [1.82, 2.24) is 14.5 Å². The summed E-state index contributed by atoms with van der Waals surface area (Å²) in [4.78, 5) is 13.6. The number of hydrogen-bond acceptors (Lipinski definition) is 5. The molecule has 3 aromatic heterocycles. The summed E-state index contributed by atoms with van der Waals surface area (Å²) in [6.07, 6.45) is 3.64. The van der Waals surface area contributed by atoms with Crippen molar-refractivity contribution in [3.8, 4) is 17.4 Å². The third-order valence-electron chi connectivity index (χ3n) is 8.47. The van der Waals surface area contributed by atoms with Crippen LogP contribution >= 0.6 is 0 Å². The molecule has 8 rings (SSSR count). The number of aryl methyl sites for hydroxylation is 1. The average Bonchev–Trinajstić information content (AvgIpc) is 3.61. The quantitative estimate of drug-likeness (QED) is 0.163. The zero-order valence-corrected chi connectivity index (χ0v) is 28.8. The van der Waals surface area contributed by atoms with Gasteiger partial charge in [0.2, 0.25) is 0 Å². The Bertz CT molecular complexity index is 2240. The molecule has 1 aliphatic heterocycles. The number of hydrogen-bond donors (Lipinski definition) is 0. The first-order valence-electron chi connectivity index (χ1n) is 15.4. The summed E-state index contributed by atoms with van der Waals surface area (Å²) < 4.78 is 8.52. The second-order valence-electron chi connectivity index (χ2n) is 12.6. The minimum atomic E-state index is -0.00852. The fourth-order valence-corrected chi connectivity index (χ4v) is 6.05. The number of rotatable bonds is 5. The number of fused-ring (bicyclic) bond motifs is 4. The molecule has 4 aromatic carbocycles. The Morgan fingerprint density at radius 3 is 2.23 bits per heavy atom. The van der Waals surface area contributed by atoms with Crippen molar-refractivity contribution >= 4 is 44.6 Å². The summed E-state index contributed by atoms with van der Waals surface area (Å²) in [5, 5.41) is 2.22. The molecule has 0 aliphatic carbocycles. The van der Waals surface area contributed by atoms with E-state index in [9.17, 15) is 0 Å². The van der Waals surface area contributed by atoms with Crippen molar-refractivity contribution in [3.05, 3.63) is 145 Å². The van der Waals surface area contributed by atoms with Crippen molar-refractivity contribution in [2.45, 2.75) is 33.1 Å². The number of aromatic nitrogens is 3. The molecule has 4 heterocycles. The molecule has 0 radical (unpaired) electrons. The molecule has 7 aromatic rings. The van der Waals surface area contributed by atoms with Gasteiger partial charge in [-0.15, -0.1) is 24.2 Å². The molecule has 0 amide bonds. The van der Waals surface area contributed by atoms with Crippen LogP contribution in [0.15, 0.2) is 116 Å². The van der Waals surface area contributed by atoms with Crippen LogP contribution in [0.2, 0.25) is 0 Å². The Labute approximate surface area is 289 Å². The molecule has 0 saturated carbocycles. The van der Waals surface area contributed by atoms with E-state index in [0.29, 0.717) is 11.6 Å². The fourth-order valence-electron chi connectivity index (χ4n) is 6.05. The SMILES string of the molecule is Cc1ccc(N2[CH-]N(c3[c-]c(Oc4[c-]c5c(cc4)c4ccccc4n5-c4cc(C(C)(C)C)ccn4)ncc3)c3ccccc32)cc1.[Pt]. The monoisotopic (exact) mass is 793 g/mol. The number of nitrogens with zero attached hydrogens (tertiary/aromatic N) is 5.